The van der Waals surface area contributed by atoms with Gasteiger partial charge in [-0.15, -0.1) is 0 Å². The molecule has 0 unspecified atom stereocenters. The lowest BCUT2D eigenvalue weighted by molar-refractivity contribution is -0.137. The number of pyridine rings is 1. The lowest BCUT2D eigenvalue weighted by atomic mass is 10.0. The molecule has 168 valence electrons. The smallest absolute Gasteiger partial charge is 0.278 e. The number of rotatable bonds is 8. The molecule has 0 atom stereocenters. The molecular weight excluding hydrogens is 414 g/mol. The number of aryl methyl sites for hydroxylation is 1. The van der Waals surface area contributed by atoms with Gasteiger partial charge in [0.05, 0.1) is 23.9 Å². The van der Waals surface area contributed by atoms with Gasteiger partial charge in [0.2, 0.25) is 0 Å². The Morgan fingerprint density at radius 1 is 0.939 bits per heavy atom. The van der Waals surface area contributed by atoms with Gasteiger partial charge < -0.3 is 10.1 Å². The Balaban J connectivity index is 1.70. The molecule has 0 saturated heterocycles. The Morgan fingerprint density at radius 2 is 1.67 bits per heavy atom. The van der Waals surface area contributed by atoms with Crippen LogP contribution in [-0.4, -0.2) is 27.8 Å². The number of amides is 2. The zero-order valence-corrected chi connectivity index (χ0v) is 19.0. The molecule has 2 amide bonds. The lowest BCUT2D eigenvalue weighted by Gasteiger charge is -2.15. The maximum absolute atomic E-state index is 13.4. The summed E-state index contributed by atoms with van der Waals surface area (Å²) in [5.41, 5.74) is 3.85. The second-order valence-corrected chi connectivity index (χ2v) is 8.13. The number of benzene rings is 2. The molecule has 0 spiro atoms. The Morgan fingerprint density at radius 3 is 2.27 bits per heavy atom. The van der Waals surface area contributed by atoms with Crippen LogP contribution >= 0.6 is 0 Å². The number of imide groups is 1. The van der Waals surface area contributed by atoms with Gasteiger partial charge in [-0.25, -0.2) is 0 Å². The Labute approximate surface area is 193 Å². The van der Waals surface area contributed by atoms with Gasteiger partial charge in [0.15, 0.2) is 0 Å². The minimum atomic E-state index is -0.372. The summed E-state index contributed by atoms with van der Waals surface area (Å²) >= 11 is 0. The van der Waals surface area contributed by atoms with E-state index in [1.807, 2.05) is 68.4 Å². The van der Waals surface area contributed by atoms with Crippen molar-refractivity contribution in [1.82, 2.24) is 9.88 Å². The minimum absolute atomic E-state index is 0.0435. The molecule has 1 N–H and O–H groups in total. The molecule has 0 bridgehead atoms. The van der Waals surface area contributed by atoms with E-state index in [0.717, 1.165) is 12.1 Å². The van der Waals surface area contributed by atoms with Crippen LogP contribution in [0.5, 0.6) is 5.75 Å². The summed E-state index contributed by atoms with van der Waals surface area (Å²) in [7, 11) is 0. The maximum atomic E-state index is 13.4. The van der Waals surface area contributed by atoms with Crippen molar-refractivity contribution in [2.75, 3.05) is 5.32 Å². The van der Waals surface area contributed by atoms with Crippen molar-refractivity contribution >= 4 is 23.1 Å². The van der Waals surface area contributed by atoms with E-state index < -0.39 is 0 Å². The largest absolute Gasteiger partial charge is 0.491 e. The standard InChI is InChI=1S/C27H27N3O3/c1-4-19-8-12-21(13-9-19)29-25-24(20-10-14-23(15-11-20)33-18(2)3)26(31)30(27(25)32)17-22-7-5-6-16-28-22/h5-16,18,29H,4,17H2,1-3H3. The van der Waals surface area contributed by atoms with E-state index in [1.54, 1.807) is 18.3 Å². The van der Waals surface area contributed by atoms with Crippen LogP contribution < -0.4 is 10.1 Å². The van der Waals surface area contributed by atoms with Crippen molar-refractivity contribution in [3.8, 4) is 5.75 Å². The molecule has 3 aromatic rings. The average molecular weight is 442 g/mol. The zero-order chi connectivity index (χ0) is 23.4. The number of aromatic nitrogens is 1. The Kier molecular flexibility index (Phi) is 6.54. The Bertz CT molecular complexity index is 1170. The van der Waals surface area contributed by atoms with Crippen LogP contribution in [-0.2, 0) is 22.6 Å². The van der Waals surface area contributed by atoms with E-state index in [0.29, 0.717) is 22.6 Å². The van der Waals surface area contributed by atoms with E-state index in [4.69, 9.17) is 4.74 Å². The highest BCUT2D eigenvalue weighted by Crippen LogP contribution is 2.32. The van der Waals surface area contributed by atoms with E-state index in [1.165, 1.54) is 10.5 Å². The van der Waals surface area contributed by atoms with Crippen molar-refractivity contribution < 1.29 is 14.3 Å². The molecule has 0 fully saturated rings. The second kappa shape index (κ2) is 9.69. The molecule has 33 heavy (non-hydrogen) atoms. The van der Waals surface area contributed by atoms with Crippen LogP contribution in [0, 0.1) is 0 Å². The number of anilines is 1. The van der Waals surface area contributed by atoms with Gasteiger partial charge in [-0.2, -0.15) is 0 Å². The van der Waals surface area contributed by atoms with Gasteiger partial charge in [-0.05, 0) is 67.8 Å². The van der Waals surface area contributed by atoms with Crippen LogP contribution in [0.2, 0.25) is 0 Å². The van der Waals surface area contributed by atoms with Crippen molar-refractivity contribution in [2.24, 2.45) is 0 Å². The summed E-state index contributed by atoms with van der Waals surface area (Å²) in [6, 6.07) is 20.5. The fourth-order valence-electron chi connectivity index (χ4n) is 3.70. The minimum Gasteiger partial charge on any atom is -0.491 e. The molecule has 0 aliphatic carbocycles. The first-order valence-corrected chi connectivity index (χ1v) is 11.1. The summed E-state index contributed by atoms with van der Waals surface area (Å²) in [6.07, 6.45) is 2.62. The maximum Gasteiger partial charge on any atom is 0.278 e. The van der Waals surface area contributed by atoms with Gasteiger partial charge in [-0.1, -0.05) is 37.3 Å². The van der Waals surface area contributed by atoms with Crippen LogP contribution in [0.4, 0.5) is 5.69 Å². The van der Waals surface area contributed by atoms with E-state index in [2.05, 4.69) is 17.2 Å². The number of carbonyl (C=O) groups is 2. The second-order valence-electron chi connectivity index (χ2n) is 8.13. The predicted octanol–water partition coefficient (Wildman–Crippen LogP) is 4.82. The molecule has 6 heteroatoms. The van der Waals surface area contributed by atoms with Crippen molar-refractivity contribution in [3.63, 3.8) is 0 Å². The zero-order valence-electron chi connectivity index (χ0n) is 19.0. The molecule has 6 nitrogen and oxygen atoms in total. The third-order valence-corrected chi connectivity index (χ3v) is 5.36. The van der Waals surface area contributed by atoms with Gasteiger partial charge in [0.25, 0.3) is 11.8 Å². The van der Waals surface area contributed by atoms with Gasteiger partial charge in [-0.3, -0.25) is 19.5 Å². The van der Waals surface area contributed by atoms with Crippen LogP contribution in [0.15, 0.2) is 78.6 Å². The van der Waals surface area contributed by atoms with E-state index >= 15 is 0 Å². The highest BCUT2D eigenvalue weighted by molar-refractivity contribution is 6.36. The van der Waals surface area contributed by atoms with Crippen molar-refractivity contribution in [1.29, 1.82) is 0 Å². The predicted molar refractivity (Wildman–Crippen MR) is 128 cm³/mol. The Hall–Kier alpha value is -3.93. The average Bonchev–Trinajstić information content (AvgIpc) is 3.05. The first kappa shape index (κ1) is 22.3. The van der Waals surface area contributed by atoms with Gasteiger partial charge in [0, 0.05) is 11.9 Å². The number of hydrogen-bond acceptors (Lipinski definition) is 5. The summed E-state index contributed by atoms with van der Waals surface area (Å²) in [5.74, 6) is -0.0142. The monoisotopic (exact) mass is 441 g/mol. The van der Waals surface area contributed by atoms with Crippen molar-refractivity contribution in [3.05, 3.63) is 95.4 Å². The molecule has 2 aromatic carbocycles. The molecule has 2 heterocycles. The number of carbonyl (C=O) groups excluding carboxylic acids is 2. The number of ether oxygens (including phenoxy) is 1. The van der Waals surface area contributed by atoms with Crippen LogP contribution in [0.3, 0.4) is 0 Å². The summed E-state index contributed by atoms with van der Waals surface area (Å²) < 4.78 is 5.72. The number of nitrogens with one attached hydrogen (secondary N) is 1. The third kappa shape index (κ3) is 4.95. The van der Waals surface area contributed by atoms with Crippen LogP contribution in [0.1, 0.15) is 37.6 Å². The first-order chi connectivity index (χ1) is 16.0. The van der Waals surface area contributed by atoms with Gasteiger partial charge in [0.1, 0.15) is 11.4 Å². The van der Waals surface area contributed by atoms with Crippen LogP contribution in [0.25, 0.3) is 5.57 Å². The fourth-order valence-corrected chi connectivity index (χ4v) is 3.70. The molecule has 1 aliphatic heterocycles. The summed E-state index contributed by atoms with van der Waals surface area (Å²) in [6.45, 7) is 6.11. The molecule has 1 aliphatic rings. The highest BCUT2D eigenvalue weighted by atomic mass is 16.5. The molecule has 0 radical (unpaired) electrons. The summed E-state index contributed by atoms with van der Waals surface area (Å²) in [5, 5.41) is 3.20. The SMILES string of the molecule is CCc1ccc(NC2=C(c3ccc(OC(C)C)cc3)C(=O)N(Cc3ccccn3)C2=O)cc1. The number of nitrogens with zero attached hydrogens (tertiary/aromatic N) is 2. The quantitative estimate of drug-likeness (QED) is 0.507. The normalized spacial score (nSPS) is 13.8. The van der Waals surface area contributed by atoms with Crippen molar-refractivity contribution in [2.45, 2.75) is 39.8 Å². The topological polar surface area (TPSA) is 71.5 Å². The summed E-state index contributed by atoms with van der Waals surface area (Å²) in [4.78, 5) is 32.3. The molecule has 4 rings (SSSR count). The number of hydrogen-bond donors (Lipinski definition) is 1. The van der Waals surface area contributed by atoms with E-state index in [-0.39, 0.29) is 30.2 Å². The molecular formula is C27H27N3O3. The van der Waals surface area contributed by atoms with Gasteiger partial charge >= 0.3 is 0 Å². The fraction of sp³-hybridized carbons (Fsp3) is 0.222. The molecule has 1 aromatic heterocycles. The molecule has 0 saturated carbocycles. The van der Waals surface area contributed by atoms with E-state index in [9.17, 15) is 9.59 Å². The first-order valence-electron chi connectivity index (χ1n) is 11.1. The highest BCUT2D eigenvalue weighted by Gasteiger charge is 2.39. The lowest BCUT2D eigenvalue weighted by Crippen LogP contribution is -2.32. The third-order valence-electron chi connectivity index (χ3n) is 5.36.